The Morgan fingerprint density at radius 2 is 1.88 bits per heavy atom. The zero-order chi connectivity index (χ0) is 19.1. The Hall–Kier alpha value is -1.49. The molecule has 0 aromatic heterocycles. The fourth-order valence-corrected chi connectivity index (χ4v) is 2.95. The highest BCUT2D eigenvalue weighted by atomic mass is 35.5. The Morgan fingerprint density at radius 1 is 1.12 bits per heavy atom. The van der Waals surface area contributed by atoms with E-state index in [1.54, 1.807) is 12.1 Å². The lowest BCUT2D eigenvalue weighted by Crippen LogP contribution is -2.19. The van der Waals surface area contributed by atoms with Gasteiger partial charge in [-0.25, -0.2) is 4.39 Å². The van der Waals surface area contributed by atoms with Gasteiger partial charge in [0.1, 0.15) is 12.4 Å². The average Bonchev–Trinajstić information content (AvgIpc) is 2.56. The number of rotatable bonds is 9. The largest absolute Gasteiger partial charge is 0.490 e. The third-order valence-electron chi connectivity index (χ3n) is 3.67. The van der Waals surface area contributed by atoms with E-state index in [1.165, 1.54) is 6.07 Å². The van der Waals surface area contributed by atoms with E-state index in [0.717, 1.165) is 12.1 Å². The smallest absolute Gasteiger partial charge is 0.180 e. The van der Waals surface area contributed by atoms with Gasteiger partial charge in [0.2, 0.25) is 0 Å². The molecular formula is C20H24Cl2FNO2. The first-order valence-corrected chi connectivity index (χ1v) is 9.39. The highest BCUT2D eigenvalue weighted by Crippen LogP contribution is 2.37. The average molecular weight is 400 g/mol. The topological polar surface area (TPSA) is 30.5 Å². The lowest BCUT2D eigenvalue weighted by Gasteiger charge is -2.16. The molecular weight excluding hydrogens is 376 g/mol. The van der Waals surface area contributed by atoms with Crippen LogP contribution in [0.1, 0.15) is 31.9 Å². The van der Waals surface area contributed by atoms with Crippen molar-refractivity contribution in [2.45, 2.75) is 33.9 Å². The normalized spacial score (nSPS) is 11.0. The van der Waals surface area contributed by atoms with Gasteiger partial charge in [0.05, 0.1) is 16.7 Å². The molecule has 2 aromatic rings. The van der Waals surface area contributed by atoms with Crippen LogP contribution in [0.2, 0.25) is 10.0 Å². The molecule has 142 valence electrons. The lowest BCUT2D eigenvalue weighted by atomic mass is 10.1. The van der Waals surface area contributed by atoms with Crippen LogP contribution in [0.4, 0.5) is 4.39 Å². The predicted molar refractivity (Wildman–Crippen MR) is 105 cm³/mol. The van der Waals surface area contributed by atoms with E-state index in [2.05, 4.69) is 19.2 Å². The summed E-state index contributed by atoms with van der Waals surface area (Å²) in [6, 6.07) is 8.24. The molecule has 0 fully saturated rings. The van der Waals surface area contributed by atoms with E-state index in [0.29, 0.717) is 40.6 Å². The Labute approximate surface area is 164 Å². The van der Waals surface area contributed by atoms with Crippen LogP contribution in [0.5, 0.6) is 11.5 Å². The van der Waals surface area contributed by atoms with Crippen LogP contribution in [0.25, 0.3) is 0 Å². The first-order valence-electron chi connectivity index (χ1n) is 8.64. The zero-order valence-electron chi connectivity index (χ0n) is 15.2. The minimum Gasteiger partial charge on any atom is -0.490 e. The van der Waals surface area contributed by atoms with Crippen molar-refractivity contribution in [1.29, 1.82) is 0 Å². The first-order chi connectivity index (χ1) is 12.4. The molecule has 0 atom stereocenters. The van der Waals surface area contributed by atoms with Gasteiger partial charge in [-0.05, 0) is 49.2 Å². The number of hydrogen-bond acceptors (Lipinski definition) is 3. The standard InChI is InChI=1S/C20H24Cl2FNO2/c1-4-25-19-9-14(11-24-10-13(2)3)8-17(22)20(19)26-12-15-16(21)6-5-7-18(15)23/h5-9,13,24H,4,10-12H2,1-3H3. The van der Waals surface area contributed by atoms with E-state index in [4.69, 9.17) is 32.7 Å². The Bertz CT molecular complexity index is 718. The molecule has 0 radical (unpaired) electrons. The molecule has 0 saturated heterocycles. The first kappa shape index (κ1) is 20.8. The maximum atomic E-state index is 13.9. The van der Waals surface area contributed by atoms with Gasteiger partial charge in [0.15, 0.2) is 11.5 Å². The summed E-state index contributed by atoms with van der Waals surface area (Å²) in [4.78, 5) is 0. The second kappa shape index (κ2) is 10.0. The van der Waals surface area contributed by atoms with Crippen LogP contribution >= 0.6 is 23.2 Å². The number of ether oxygens (including phenoxy) is 2. The molecule has 0 aliphatic carbocycles. The number of hydrogen-bond donors (Lipinski definition) is 1. The van der Waals surface area contributed by atoms with Gasteiger partial charge >= 0.3 is 0 Å². The van der Waals surface area contributed by atoms with Crippen LogP contribution < -0.4 is 14.8 Å². The molecule has 6 heteroatoms. The third kappa shape index (κ3) is 5.76. The molecule has 0 aliphatic rings. The number of benzene rings is 2. The van der Waals surface area contributed by atoms with Crippen molar-refractivity contribution in [2.75, 3.05) is 13.2 Å². The van der Waals surface area contributed by atoms with Gasteiger partial charge in [-0.3, -0.25) is 0 Å². The van der Waals surface area contributed by atoms with Gasteiger partial charge in [-0.2, -0.15) is 0 Å². The molecule has 2 aromatic carbocycles. The van der Waals surface area contributed by atoms with E-state index in [1.807, 2.05) is 19.1 Å². The van der Waals surface area contributed by atoms with E-state index < -0.39 is 5.82 Å². The molecule has 0 unspecified atom stereocenters. The molecule has 1 N–H and O–H groups in total. The lowest BCUT2D eigenvalue weighted by molar-refractivity contribution is 0.266. The second-order valence-electron chi connectivity index (χ2n) is 6.35. The highest BCUT2D eigenvalue weighted by Gasteiger charge is 2.15. The summed E-state index contributed by atoms with van der Waals surface area (Å²) in [5.41, 5.74) is 1.28. The van der Waals surface area contributed by atoms with Gasteiger partial charge in [-0.1, -0.05) is 43.1 Å². The quantitative estimate of drug-likeness (QED) is 0.572. The molecule has 0 aliphatic heterocycles. The summed E-state index contributed by atoms with van der Waals surface area (Å²) in [6.45, 7) is 8.21. The van der Waals surface area contributed by atoms with Crippen LogP contribution in [-0.4, -0.2) is 13.2 Å². The van der Waals surface area contributed by atoms with Crippen molar-refractivity contribution >= 4 is 23.2 Å². The van der Waals surface area contributed by atoms with Gasteiger partial charge in [0.25, 0.3) is 0 Å². The molecule has 0 bridgehead atoms. The molecule has 0 spiro atoms. The summed E-state index contributed by atoms with van der Waals surface area (Å²) in [5, 5.41) is 4.10. The fourth-order valence-electron chi connectivity index (χ4n) is 2.45. The Kier molecular flexibility index (Phi) is 8.01. The maximum Gasteiger partial charge on any atom is 0.180 e. The van der Waals surface area contributed by atoms with Crippen molar-refractivity contribution < 1.29 is 13.9 Å². The summed E-state index contributed by atoms with van der Waals surface area (Å²) < 4.78 is 25.4. The summed E-state index contributed by atoms with van der Waals surface area (Å²) >= 11 is 12.4. The molecule has 3 nitrogen and oxygen atoms in total. The molecule has 2 rings (SSSR count). The fraction of sp³-hybridized carbons (Fsp3) is 0.400. The Balaban J connectivity index is 2.18. The summed E-state index contributed by atoms with van der Waals surface area (Å²) in [6.07, 6.45) is 0. The number of nitrogens with one attached hydrogen (secondary N) is 1. The van der Waals surface area contributed by atoms with Crippen molar-refractivity contribution in [3.05, 3.63) is 57.3 Å². The van der Waals surface area contributed by atoms with Crippen LogP contribution in [-0.2, 0) is 13.2 Å². The van der Waals surface area contributed by atoms with E-state index in [-0.39, 0.29) is 12.2 Å². The van der Waals surface area contributed by atoms with Crippen LogP contribution in [0.15, 0.2) is 30.3 Å². The monoisotopic (exact) mass is 399 g/mol. The zero-order valence-corrected chi connectivity index (χ0v) is 16.8. The SMILES string of the molecule is CCOc1cc(CNCC(C)C)cc(Cl)c1OCc1c(F)cccc1Cl. The molecule has 0 saturated carbocycles. The maximum absolute atomic E-state index is 13.9. The summed E-state index contributed by atoms with van der Waals surface area (Å²) in [5.74, 6) is 1.07. The number of halogens is 3. The van der Waals surface area contributed by atoms with E-state index >= 15 is 0 Å². The summed E-state index contributed by atoms with van der Waals surface area (Å²) in [7, 11) is 0. The van der Waals surface area contributed by atoms with Crippen molar-refractivity contribution in [3.8, 4) is 11.5 Å². The van der Waals surface area contributed by atoms with Crippen LogP contribution in [0, 0.1) is 11.7 Å². The van der Waals surface area contributed by atoms with Crippen molar-refractivity contribution in [3.63, 3.8) is 0 Å². The van der Waals surface area contributed by atoms with Gasteiger partial charge < -0.3 is 14.8 Å². The predicted octanol–water partition coefficient (Wildman–Crippen LogP) is 5.86. The van der Waals surface area contributed by atoms with Crippen molar-refractivity contribution in [2.24, 2.45) is 5.92 Å². The Morgan fingerprint density at radius 3 is 2.54 bits per heavy atom. The van der Waals surface area contributed by atoms with Crippen LogP contribution in [0.3, 0.4) is 0 Å². The minimum absolute atomic E-state index is 0.0315. The molecule has 0 heterocycles. The van der Waals surface area contributed by atoms with Gasteiger partial charge in [-0.15, -0.1) is 0 Å². The van der Waals surface area contributed by atoms with Gasteiger partial charge in [0, 0.05) is 12.1 Å². The highest BCUT2D eigenvalue weighted by molar-refractivity contribution is 6.32. The third-order valence-corrected chi connectivity index (χ3v) is 4.31. The molecule has 0 amide bonds. The van der Waals surface area contributed by atoms with E-state index in [9.17, 15) is 4.39 Å². The van der Waals surface area contributed by atoms with Crippen molar-refractivity contribution in [1.82, 2.24) is 5.32 Å². The second-order valence-corrected chi connectivity index (χ2v) is 7.17. The minimum atomic E-state index is -0.416. The molecule has 26 heavy (non-hydrogen) atoms.